The summed E-state index contributed by atoms with van der Waals surface area (Å²) in [5, 5.41) is 6.25. The molecule has 1 atom stereocenters. The maximum absolute atomic E-state index is 3.72. The minimum atomic E-state index is 0.299. The molecule has 0 bridgehead atoms. The molecule has 2 nitrogen and oxygen atoms in total. The molecule has 0 radical (unpaired) electrons. The number of anilines is 2. The molecular weight excluding hydrogens is 725 g/mol. The van der Waals surface area contributed by atoms with Crippen LogP contribution in [0.3, 0.4) is 0 Å². The quantitative estimate of drug-likeness (QED) is 0.171. The number of aryl methyl sites for hydroxylation is 2. The smallest absolute Gasteiger partial charge is 0.0541 e. The van der Waals surface area contributed by atoms with Gasteiger partial charge in [-0.1, -0.05) is 146 Å². The molecule has 9 aromatic carbocycles. The minimum Gasteiger partial charge on any atom is -0.355 e. The Morgan fingerprint density at radius 1 is 0.450 bits per heavy atom. The lowest BCUT2D eigenvalue weighted by Gasteiger charge is -2.20. The number of aromatic nitrogens is 1. The number of nitrogens with one attached hydrogen (secondary N) is 1. The fourth-order valence-electron chi connectivity index (χ4n) is 9.60. The molecule has 2 heteroatoms. The Morgan fingerprint density at radius 3 is 1.85 bits per heavy atom. The highest BCUT2D eigenvalue weighted by atomic mass is 15.0. The van der Waals surface area contributed by atoms with Crippen molar-refractivity contribution in [3.8, 4) is 50.2 Å². The topological polar surface area (TPSA) is 17.0 Å². The van der Waals surface area contributed by atoms with Gasteiger partial charge in [0, 0.05) is 39.3 Å². The first-order valence-electron chi connectivity index (χ1n) is 21.1. The van der Waals surface area contributed by atoms with Gasteiger partial charge in [-0.05, 0) is 148 Å². The summed E-state index contributed by atoms with van der Waals surface area (Å²) in [4.78, 5) is 0. The molecule has 0 aliphatic heterocycles. The van der Waals surface area contributed by atoms with E-state index in [9.17, 15) is 0 Å². The van der Waals surface area contributed by atoms with Crippen molar-refractivity contribution in [1.82, 2.24) is 4.57 Å². The molecular formula is C58H44N2. The Bertz CT molecular complexity index is 3180. The SMILES string of the molecule is Cc1ccccc1-c1cc(-c2ccc3c(c2)-c2cc(-c4ccc5c(c4)c4ccccc4n5-c4ccccc4)ccc2C(c2ccccc2)CC3)ccc1Nc1ccccc1. The van der Waals surface area contributed by atoms with Crippen molar-refractivity contribution in [2.45, 2.75) is 25.7 Å². The first-order chi connectivity index (χ1) is 29.7. The van der Waals surface area contributed by atoms with E-state index in [1.165, 1.54) is 94.3 Å². The van der Waals surface area contributed by atoms with Gasteiger partial charge in [-0.2, -0.15) is 0 Å². The molecule has 10 aromatic rings. The molecule has 0 spiro atoms. The second-order valence-electron chi connectivity index (χ2n) is 16.2. The molecule has 1 heterocycles. The standard InChI is InChI=1S/C58H44N2/c1-39-15-11-12-22-48(39)54-37-44(29-33-56(54)59-46-18-7-3-8-19-46)42-26-25-41-27-31-49(40-16-5-2-6-17-40)50-32-28-43(36-53(50)52(41)35-42)45-30-34-58-55(38-45)51-23-13-14-24-57(51)60(58)47-20-9-4-10-21-47/h2-26,28-30,32-38,49,59H,27,31H2,1H3. The average molecular weight is 769 g/mol. The third kappa shape index (κ3) is 6.38. The molecule has 1 unspecified atom stereocenters. The zero-order valence-electron chi connectivity index (χ0n) is 33.6. The lowest BCUT2D eigenvalue weighted by atomic mass is 9.84. The highest BCUT2D eigenvalue weighted by Gasteiger charge is 2.25. The number of hydrogen-bond acceptors (Lipinski definition) is 1. The molecule has 1 aliphatic rings. The van der Waals surface area contributed by atoms with Gasteiger partial charge in [0.05, 0.1) is 11.0 Å². The monoisotopic (exact) mass is 768 g/mol. The van der Waals surface area contributed by atoms with Crippen molar-refractivity contribution in [1.29, 1.82) is 0 Å². The first-order valence-corrected chi connectivity index (χ1v) is 21.1. The predicted molar refractivity (Wildman–Crippen MR) is 254 cm³/mol. The lowest BCUT2D eigenvalue weighted by molar-refractivity contribution is 0.726. The van der Waals surface area contributed by atoms with Crippen LogP contribution >= 0.6 is 0 Å². The summed E-state index contributed by atoms with van der Waals surface area (Å²) in [7, 11) is 0. The highest BCUT2D eigenvalue weighted by molar-refractivity contribution is 6.10. The van der Waals surface area contributed by atoms with Gasteiger partial charge in [-0.3, -0.25) is 0 Å². The molecule has 286 valence electrons. The molecule has 60 heavy (non-hydrogen) atoms. The number of rotatable bonds is 7. The van der Waals surface area contributed by atoms with Gasteiger partial charge in [0.2, 0.25) is 0 Å². The van der Waals surface area contributed by atoms with E-state index >= 15 is 0 Å². The number of benzene rings is 9. The predicted octanol–water partition coefficient (Wildman–Crippen LogP) is 15.6. The Kier molecular flexibility index (Phi) is 8.97. The zero-order chi connectivity index (χ0) is 40.0. The summed E-state index contributed by atoms with van der Waals surface area (Å²) >= 11 is 0. The Labute approximate surface area is 352 Å². The van der Waals surface area contributed by atoms with Crippen LogP contribution in [0.1, 0.15) is 34.6 Å². The summed E-state index contributed by atoms with van der Waals surface area (Å²) < 4.78 is 2.39. The third-order valence-corrected chi connectivity index (χ3v) is 12.6. The summed E-state index contributed by atoms with van der Waals surface area (Å²) in [6, 6.07) is 78.1. The van der Waals surface area contributed by atoms with Crippen LogP contribution in [0, 0.1) is 6.92 Å². The van der Waals surface area contributed by atoms with E-state index in [1.54, 1.807) is 0 Å². The Balaban J connectivity index is 1.06. The van der Waals surface area contributed by atoms with E-state index in [4.69, 9.17) is 0 Å². The molecule has 1 aliphatic carbocycles. The summed E-state index contributed by atoms with van der Waals surface area (Å²) in [5.74, 6) is 0.299. The highest BCUT2D eigenvalue weighted by Crippen LogP contribution is 2.46. The van der Waals surface area contributed by atoms with Crippen LogP contribution < -0.4 is 5.32 Å². The van der Waals surface area contributed by atoms with Gasteiger partial charge in [0.1, 0.15) is 0 Å². The van der Waals surface area contributed by atoms with Gasteiger partial charge in [0.15, 0.2) is 0 Å². The molecule has 0 amide bonds. The van der Waals surface area contributed by atoms with Gasteiger partial charge in [0.25, 0.3) is 0 Å². The zero-order valence-corrected chi connectivity index (χ0v) is 33.6. The number of fused-ring (bicyclic) bond motifs is 6. The van der Waals surface area contributed by atoms with Crippen molar-refractivity contribution in [3.63, 3.8) is 0 Å². The molecule has 0 saturated heterocycles. The fraction of sp³-hybridized carbons (Fsp3) is 0.0690. The van der Waals surface area contributed by atoms with Crippen LogP contribution in [0.15, 0.2) is 212 Å². The number of hydrogen-bond donors (Lipinski definition) is 1. The second kappa shape index (κ2) is 15.1. The maximum Gasteiger partial charge on any atom is 0.0541 e. The van der Waals surface area contributed by atoms with E-state index in [-0.39, 0.29) is 0 Å². The first kappa shape index (κ1) is 35.7. The van der Waals surface area contributed by atoms with Crippen molar-refractivity contribution < 1.29 is 0 Å². The van der Waals surface area contributed by atoms with Gasteiger partial charge < -0.3 is 9.88 Å². The molecule has 0 fully saturated rings. The Hall–Kier alpha value is -7.42. The Morgan fingerprint density at radius 2 is 1.05 bits per heavy atom. The van der Waals surface area contributed by atoms with E-state index in [2.05, 4.69) is 229 Å². The van der Waals surface area contributed by atoms with Crippen LogP contribution in [-0.2, 0) is 6.42 Å². The molecule has 11 rings (SSSR count). The largest absolute Gasteiger partial charge is 0.355 e. The average Bonchev–Trinajstić information content (AvgIpc) is 3.55. The number of para-hydroxylation sites is 3. The van der Waals surface area contributed by atoms with Crippen molar-refractivity contribution in [2.24, 2.45) is 0 Å². The molecule has 1 aromatic heterocycles. The van der Waals surface area contributed by atoms with Gasteiger partial charge in [-0.15, -0.1) is 0 Å². The van der Waals surface area contributed by atoms with Crippen LogP contribution in [0.4, 0.5) is 11.4 Å². The normalized spacial score (nSPS) is 13.4. The van der Waals surface area contributed by atoms with E-state index in [0.29, 0.717) is 5.92 Å². The maximum atomic E-state index is 3.72. The minimum absolute atomic E-state index is 0.299. The van der Waals surface area contributed by atoms with Crippen LogP contribution in [0.5, 0.6) is 0 Å². The lowest BCUT2D eigenvalue weighted by Crippen LogP contribution is -2.02. The summed E-state index contributed by atoms with van der Waals surface area (Å²) in [5.41, 5.74) is 21.2. The van der Waals surface area contributed by atoms with E-state index in [0.717, 1.165) is 24.2 Å². The van der Waals surface area contributed by atoms with Crippen LogP contribution in [-0.4, -0.2) is 4.57 Å². The molecule has 1 N–H and O–H groups in total. The van der Waals surface area contributed by atoms with Crippen molar-refractivity contribution >= 4 is 33.2 Å². The van der Waals surface area contributed by atoms with E-state index < -0.39 is 0 Å². The second-order valence-corrected chi connectivity index (χ2v) is 16.2. The number of nitrogens with zero attached hydrogens (tertiary/aromatic N) is 1. The van der Waals surface area contributed by atoms with E-state index in [1.807, 2.05) is 0 Å². The fourth-order valence-corrected chi connectivity index (χ4v) is 9.60. The summed E-state index contributed by atoms with van der Waals surface area (Å²) in [6.07, 6.45) is 2.07. The van der Waals surface area contributed by atoms with Gasteiger partial charge >= 0.3 is 0 Å². The van der Waals surface area contributed by atoms with Crippen LogP contribution in [0.2, 0.25) is 0 Å². The van der Waals surface area contributed by atoms with Crippen molar-refractivity contribution in [2.75, 3.05) is 5.32 Å². The third-order valence-electron chi connectivity index (χ3n) is 12.6. The summed E-state index contributed by atoms with van der Waals surface area (Å²) in [6.45, 7) is 2.20. The van der Waals surface area contributed by atoms with Gasteiger partial charge in [-0.25, -0.2) is 0 Å². The molecule has 0 saturated carbocycles. The van der Waals surface area contributed by atoms with Crippen molar-refractivity contribution in [3.05, 3.63) is 235 Å². The van der Waals surface area contributed by atoms with Crippen LogP contribution in [0.25, 0.3) is 72.0 Å².